The third kappa shape index (κ3) is 4.58. The Morgan fingerprint density at radius 2 is 1.87 bits per heavy atom. The number of hydrogen-bond donors (Lipinski definition) is 1. The first-order chi connectivity index (χ1) is 18.1. The van der Waals surface area contributed by atoms with Crippen molar-refractivity contribution in [1.29, 1.82) is 0 Å². The predicted octanol–water partition coefficient (Wildman–Crippen LogP) is 4.65. The lowest BCUT2D eigenvalue weighted by Gasteiger charge is -2.24. The highest BCUT2D eigenvalue weighted by Gasteiger charge is 2.36. The number of benzene rings is 3. The monoisotopic (exact) mass is 561 g/mol. The average Bonchev–Trinajstić information content (AvgIpc) is 3.45. The number of nitrogens with one attached hydrogen (secondary N) is 1. The molecule has 0 radical (unpaired) electrons. The van der Waals surface area contributed by atoms with Crippen molar-refractivity contribution in [2.45, 2.75) is 24.3 Å². The summed E-state index contributed by atoms with van der Waals surface area (Å²) in [5.74, 6) is -6.35. The summed E-state index contributed by atoms with van der Waals surface area (Å²) in [5, 5.41) is 2.11. The highest BCUT2D eigenvalue weighted by molar-refractivity contribution is 7.92. The van der Waals surface area contributed by atoms with Crippen LogP contribution in [0.2, 0.25) is 0 Å². The average molecular weight is 562 g/mol. The number of aromatic nitrogens is 1. The summed E-state index contributed by atoms with van der Waals surface area (Å²) < 4.78 is 73.8. The van der Waals surface area contributed by atoms with E-state index >= 15 is 0 Å². The van der Waals surface area contributed by atoms with E-state index in [1.165, 1.54) is 28.6 Å². The number of rotatable bonds is 6. The number of anilines is 2. The van der Waals surface area contributed by atoms with Gasteiger partial charge in [0.2, 0.25) is 0 Å². The zero-order valence-electron chi connectivity index (χ0n) is 19.6. The lowest BCUT2D eigenvalue weighted by molar-refractivity contribution is -0.119. The van der Waals surface area contributed by atoms with Gasteiger partial charge in [0, 0.05) is 6.04 Å². The molecule has 0 bridgehead atoms. The van der Waals surface area contributed by atoms with Gasteiger partial charge in [-0.1, -0.05) is 35.6 Å². The number of para-hydroxylation sites is 1. The van der Waals surface area contributed by atoms with Crippen LogP contribution in [0.5, 0.6) is 0 Å². The van der Waals surface area contributed by atoms with Crippen molar-refractivity contribution >= 4 is 54.3 Å². The van der Waals surface area contributed by atoms with Crippen molar-refractivity contribution in [2.75, 3.05) is 16.2 Å². The summed E-state index contributed by atoms with van der Waals surface area (Å²) in [6.07, 6.45) is 0.553. The number of esters is 1. The van der Waals surface area contributed by atoms with E-state index in [2.05, 4.69) is 10.3 Å². The first kappa shape index (κ1) is 25.7. The molecule has 0 saturated heterocycles. The van der Waals surface area contributed by atoms with Gasteiger partial charge in [0.15, 0.2) is 29.2 Å². The molecule has 0 aliphatic carbocycles. The minimum atomic E-state index is -4.00. The maximum absolute atomic E-state index is 13.9. The molecule has 1 aliphatic heterocycles. The molecule has 0 spiro atoms. The van der Waals surface area contributed by atoms with Gasteiger partial charge in [-0.25, -0.2) is 31.4 Å². The van der Waals surface area contributed by atoms with E-state index in [9.17, 15) is 31.2 Å². The molecule has 0 saturated carbocycles. The molecular weight excluding hydrogens is 543 g/mol. The lowest BCUT2D eigenvalue weighted by Crippen LogP contribution is -2.35. The fourth-order valence-corrected chi connectivity index (χ4v) is 6.84. The number of thiazole rings is 1. The number of hydrogen-bond acceptors (Lipinski definition) is 7. The molecule has 1 aliphatic rings. The van der Waals surface area contributed by atoms with E-state index in [-0.39, 0.29) is 26.3 Å². The topological polar surface area (TPSA) is 106 Å². The second-order valence-corrected chi connectivity index (χ2v) is 11.3. The van der Waals surface area contributed by atoms with Gasteiger partial charge in [0.05, 0.1) is 20.8 Å². The molecule has 13 heteroatoms. The number of carbonyl (C=O) groups excluding carboxylic acids is 2. The third-order valence-corrected chi connectivity index (χ3v) is 8.72. The van der Waals surface area contributed by atoms with E-state index in [1.807, 2.05) is 12.1 Å². The van der Waals surface area contributed by atoms with Crippen molar-refractivity contribution in [3.05, 3.63) is 83.2 Å². The first-order valence-corrected chi connectivity index (χ1v) is 13.5. The van der Waals surface area contributed by atoms with Crippen LogP contribution >= 0.6 is 11.3 Å². The van der Waals surface area contributed by atoms with Crippen LogP contribution in [0.15, 0.2) is 59.5 Å². The predicted molar refractivity (Wildman–Crippen MR) is 134 cm³/mol. The molecule has 1 unspecified atom stereocenters. The van der Waals surface area contributed by atoms with Crippen LogP contribution in [0, 0.1) is 17.5 Å². The van der Waals surface area contributed by atoms with E-state index in [0.717, 1.165) is 11.6 Å². The summed E-state index contributed by atoms with van der Waals surface area (Å²) in [5.41, 5.74) is 0.933. The van der Waals surface area contributed by atoms with Crippen LogP contribution in [0.3, 0.4) is 0 Å². The maximum Gasteiger partial charge on any atom is 0.338 e. The number of sulfonamides is 1. The number of fused-ring (bicyclic) bond motifs is 2. The van der Waals surface area contributed by atoms with Gasteiger partial charge in [-0.15, -0.1) is 0 Å². The van der Waals surface area contributed by atoms with E-state index < -0.39 is 51.5 Å². The minimum Gasteiger partial charge on any atom is -0.452 e. The quantitative estimate of drug-likeness (QED) is 0.272. The summed E-state index contributed by atoms with van der Waals surface area (Å²) in [6.45, 7) is 1.02. The standard InChI is InChI=1S/C25H18F3N3O5S2/c1-13-9-14-5-2-3-8-18(14)31(13)38(34,35)16-7-4-6-15(10-16)24(33)36-12-20(32)29-25-30-23-19(37-25)11-17(26)21(27)22(23)28/h2-8,10-11,13H,9,12H2,1H3,(H,29,30,32). The first-order valence-electron chi connectivity index (χ1n) is 11.2. The lowest BCUT2D eigenvalue weighted by atomic mass is 10.1. The largest absolute Gasteiger partial charge is 0.452 e. The zero-order chi connectivity index (χ0) is 27.2. The Hall–Kier alpha value is -3.97. The normalized spacial score (nSPS) is 14.9. The smallest absolute Gasteiger partial charge is 0.338 e. The molecule has 38 heavy (non-hydrogen) atoms. The van der Waals surface area contributed by atoms with E-state index in [0.29, 0.717) is 23.4 Å². The third-order valence-electron chi connectivity index (χ3n) is 5.87. The van der Waals surface area contributed by atoms with Crippen LogP contribution in [-0.4, -0.2) is 37.9 Å². The number of ether oxygens (including phenoxy) is 1. The van der Waals surface area contributed by atoms with Crippen molar-refractivity contribution in [3.63, 3.8) is 0 Å². The van der Waals surface area contributed by atoms with Crippen LogP contribution in [0.4, 0.5) is 24.0 Å². The van der Waals surface area contributed by atoms with Gasteiger partial charge >= 0.3 is 5.97 Å². The molecule has 4 aromatic rings. The van der Waals surface area contributed by atoms with Crippen LogP contribution in [-0.2, 0) is 26.0 Å². The molecule has 3 aromatic carbocycles. The van der Waals surface area contributed by atoms with Crippen LogP contribution in [0.25, 0.3) is 10.2 Å². The Bertz CT molecular complexity index is 1710. The van der Waals surface area contributed by atoms with Gasteiger partial charge in [0.1, 0.15) is 5.52 Å². The van der Waals surface area contributed by atoms with E-state index in [1.54, 1.807) is 19.1 Å². The second-order valence-electron chi connectivity index (χ2n) is 8.49. The van der Waals surface area contributed by atoms with Crippen molar-refractivity contribution in [3.8, 4) is 0 Å². The summed E-state index contributed by atoms with van der Waals surface area (Å²) >= 11 is 0.704. The maximum atomic E-state index is 13.9. The number of amides is 1. The summed E-state index contributed by atoms with van der Waals surface area (Å²) in [6, 6.07) is 12.9. The highest BCUT2D eigenvalue weighted by Crippen LogP contribution is 2.36. The molecule has 1 amide bonds. The Labute approximate surface area is 218 Å². The molecule has 1 atom stereocenters. The Morgan fingerprint density at radius 1 is 1.11 bits per heavy atom. The van der Waals surface area contributed by atoms with Gasteiger partial charge < -0.3 is 4.74 Å². The zero-order valence-corrected chi connectivity index (χ0v) is 21.2. The van der Waals surface area contributed by atoms with Crippen molar-refractivity contribution < 1.29 is 35.9 Å². The molecule has 1 N–H and O–H groups in total. The molecule has 5 rings (SSSR count). The Morgan fingerprint density at radius 3 is 2.66 bits per heavy atom. The number of nitrogens with zero attached hydrogens (tertiary/aromatic N) is 2. The van der Waals surface area contributed by atoms with Gasteiger partial charge in [-0.3, -0.25) is 14.4 Å². The molecule has 196 valence electrons. The van der Waals surface area contributed by atoms with Crippen LogP contribution in [0.1, 0.15) is 22.8 Å². The van der Waals surface area contributed by atoms with Crippen molar-refractivity contribution in [2.24, 2.45) is 0 Å². The molecule has 1 aromatic heterocycles. The fourth-order valence-electron chi connectivity index (χ4n) is 4.20. The summed E-state index contributed by atoms with van der Waals surface area (Å²) in [4.78, 5) is 28.4. The fraction of sp³-hybridized carbons (Fsp3) is 0.160. The molecule has 2 heterocycles. The Kier molecular flexibility index (Phi) is 6.57. The summed E-state index contributed by atoms with van der Waals surface area (Å²) in [7, 11) is -4.00. The minimum absolute atomic E-state index is 0.0262. The Balaban J connectivity index is 1.27. The highest BCUT2D eigenvalue weighted by atomic mass is 32.2. The van der Waals surface area contributed by atoms with Crippen molar-refractivity contribution in [1.82, 2.24) is 4.98 Å². The molecular formula is C25H18F3N3O5S2. The SMILES string of the molecule is CC1Cc2ccccc2N1S(=O)(=O)c1cccc(C(=O)OCC(=O)Nc2nc3c(F)c(F)c(F)cc3s2)c1. The van der Waals surface area contributed by atoms with Crippen LogP contribution < -0.4 is 9.62 Å². The van der Waals surface area contributed by atoms with E-state index in [4.69, 9.17) is 4.74 Å². The number of carbonyl (C=O) groups is 2. The molecule has 8 nitrogen and oxygen atoms in total. The number of halogens is 3. The second kappa shape index (κ2) is 9.72. The van der Waals surface area contributed by atoms with Gasteiger partial charge in [-0.05, 0) is 49.2 Å². The van der Waals surface area contributed by atoms with Gasteiger partial charge in [0.25, 0.3) is 15.9 Å². The molecule has 0 fully saturated rings. The van der Waals surface area contributed by atoms with Gasteiger partial charge in [-0.2, -0.15) is 0 Å².